The van der Waals surface area contributed by atoms with Crippen LogP contribution < -0.4 is 5.32 Å². The fraction of sp³-hybridized carbons (Fsp3) is 0.438. The third-order valence-corrected chi connectivity index (χ3v) is 7.42. The van der Waals surface area contributed by atoms with Crippen molar-refractivity contribution in [3.63, 3.8) is 0 Å². The van der Waals surface area contributed by atoms with Crippen LogP contribution in [0.25, 0.3) is 0 Å². The summed E-state index contributed by atoms with van der Waals surface area (Å²) in [6.45, 7) is 2.59. The molecule has 10 heteroatoms. The van der Waals surface area contributed by atoms with E-state index < -0.39 is 10.0 Å². The lowest BCUT2D eigenvalue weighted by Crippen LogP contribution is -2.41. The Morgan fingerprint density at radius 1 is 1.27 bits per heavy atom. The normalized spacial score (nSPS) is 16.5. The van der Waals surface area contributed by atoms with Gasteiger partial charge in [0.05, 0.1) is 4.90 Å². The third kappa shape index (κ3) is 4.22. The minimum atomic E-state index is -3.56. The maximum atomic E-state index is 12.7. The Hall–Kier alpha value is -1.55. The van der Waals surface area contributed by atoms with Crippen molar-refractivity contribution in [2.24, 2.45) is 5.92 Å². The van der Waals surface area contributed by atoms with Crippen LogP contribution in [0.3, 0.4) is 0 Å². The van der Waals surface area contributed by atoms with Gasteiger partial charge in [0.2, 0.25) is 21.1 Å². The minimum Gasteiger partial charge on any atom is -0.300 e. The second-order valence-corrected chi connectivity index (χ2v) is 9.41. The standard InChI is InChI=1S/C16H19ClN4O3S2/c1-2-14-19-20-16(25-14)18-15(22)11-7-9-21(10-8-11)26(23,24)13-5-3-12(17)4-6-13/h3-6,11H,2,7-10H2,1H3,(H,18,20,22). The number of sulfonamides is 1. The molecule has 0 radical (unpaired) electrons. The lowest BCUT2D eigenvalue weighted by molar-refractivity contribution is -0.120. The van der Waals surface area contributed by atoms with E-state index in [2.05, 4.69) is 15.5 Å². The number of amides is 1. The van der Waals surface area contributed by atoms with E-state index in [1.165, 1.54) is 27.8 Å². The van der Waals surface area contributed by atoms with Crippen LogP contribution in [-0.4, -0.2) is 41.9 Å². The smallest absolute Gasteiger partial charge is 0.243 e. The molecule has 0 atom stereocenters. The number of aromatic nitrogens is 2. The first-order chi connectivity index (χ1) is 12.4. The van der Waals surface area contributed by atoms with E-state index in [-0.39, 0.29) is 16.7 Å². The van der Waals surface area contributed by atoms with Gasteiger partial charge in [-0.3, -0.25) is 4.79 Å². The zero-order valence-corrected chi connectivity index (χ0v) is 16.6. The number of hydrogen-bond donors (Lipinski definition) is 1. The van der Waals surface area contributed by atoms with Gasteiger partial charge in [-0.15, -0.1) is 10.2 Å². The van der Waals surface area contributed by atoms with Crippen molar-refractivity contribution in [3.8, 4) is 0 Å². The van der Waals surface area contributed by atoms with Gasteiger partial charge in [-0.2, -0.15) is 4.31 Å². The molecule has 1 aromatic carbocycles. The summed E-state index contributed by atoms with van der Waals surface area (Å²) in [4.78, 5) is 12.6. The van der Waals surface area contributed by atoms with Crippen LogP contribution in [0, 0.1) is 5.92 Å². The number of aryl methyl sites for hydroxylation is 1. The van der Waals surface area contributed by atoms with Crippen molar-refractivity contribution in [3.05, 3.63) is 34.3 Å². The topological polar surface area (TPSA) is 92.3 Å². The quantitative estimate of drug-likeness (QED) is 0.812. The number of carbonyl (C=O) groups is 1. The highest BCUT2D eigenvalue weighted by atomic mass is 35.5. The maximum Gasteiger partial charge on any atom is 0.243 e. The summed E-state index contributed by atoms with van der Waals surface area (Å²) in [5.41, 5.74) is 0. The average molecular weight is 415 g/mol. The zero-order valence-electron chi connectivity index (χ0n) is 14.2. The van der Waals surface area contributed by atoms with E-state index >= 15 is 0 Å². The molecule has 1 saturated heterocycles. The van der Waals surface area contributed by atoms with Crippen LogP contribution in [0.4, 0.5) is 5.13 Å². The number of hydrogen-bond acceptors (Lipinski definition) is 6. The van der Waals surface area contributed by atoms with E-state index in [1.807, 2.05) is 6.92 Å². The molecule has 1 N–H and O–H groups in total. The van der Waals surface area contributed by atoms with Gasteiger partial charge in [0.15, 0.2) is 0 Å². The fourth-order valence-corrected chi connectivity index (χ4v) is 5.05. The first kappa shape index (κ1) is 19.2. The third-order valence-electron chi connectivity index (χ3n) is 4.28. The Kier molecular flexibility index (Phi) is 5.91. The van der Waals surface area contributed by atoms with Crippen molar-refractivity contribution in [2.75, 3.05) is 18.4 Å². The average Bonchev–Trinajstić information content (AvgIpc) is 3.10. The molecule has 0 unspecified atom stereocenters. The summed E-state index contributed by atoms with van der Waals surface area (Å²) >= 11 is 7.17. The first-order valence-corrected chi connectivity index (χ1v) is 10.9. The highest BCUT2D eigenvalue weighted by Gasteiger charge is 2.32. The fourth-order valence-electron chi connectivity index (χ4n) is 2.77. The van der Waals surface area contributed by atoms with Gasteiger partial charge in [0.25, 0.3) is 0 Å². The van der Waals surface area contributed by atoms with Crippen LogP contribution in [0.5, 0.6) is 0 Å². The van der Waals surface area contributed by atoms with Gasteiger partial charge in [-0.25, -0.2) is 8.42 Å². The number of nitrogens with zero attached hydrogens (tertiary/aromatic N) is 3. The summed E-state index contributed by atoms with van der Waals surface area (Å²) in [5, 5.41) is 12.5. The van der Waals surface area contributed by atoms with E-state index in [1.54, 1.807) is 12.1 Å². The second-order valence-electron chi connectivity index (χ2n) is 5.98. The number of anilines is 1. The Balaban J connectivity index is 1.59. The van der Waals surface area contributed by atoms with E-state index in [9.17, 15) is 13.2 Å². The molecule has 7 nitrogen and oxygen atoms in total. The van der Waals surface area contributed by atoms with Crippen molar-refractivity contribution < 1.29 is 13.2 Å². The molecular formula is C16H19ClN4O3S2. The Bertz CT molecular complexity index is 875. The van der Waals surface area contributed by atoms with Gasteiger partial charge in [0.1, 0.15) is 5.01 Å². The maximum absolute atomic E-state index is 12.7. The summed E-state index contributed by atoms with van der Waals surface area (Å²) in [6, 6.07) is 6.11. The number of carbonyl (C=O) groups excluding carboxylic acids is 1. The van der Waals surface area contributed by atoms with Crippen molar-refractivity contribution in [1.29, 1.82) is 0 Å². The van der Waals surface area contributed by atoms with E-state index in [0.717, 1.165) is 11.4 Å². The molecule has 140 valence electrons. The molecule has 1 aliphatic heterocycles. The first-order valence-electron chi connectivity index (χ1n) is 8.29. The number of piperidine rings is 1. The lowest BCUT2D eigenvalue weighted by atomic mass is 9.97. The lowest BCUT2D eigenvalue weighted by Gasteiger charge is -2.30. The largest absolute Gasteiger partial charge is 0.300 e. The van der Waals surface area contributed by atoms with Gasteiger partial charge in [-0.05, 0) is 43.5 Å². The van der Waals surface area contributed by atoms with Gasteiger partial charge >= 0.3 is 0 Å². The molecule has 3 rings (SSSR count). The molecule has 0 saturated carbocycles. The van der Waals surface area contributed by atoms with Crippen molar-refractivity contribution in [1.82, 2.24) is 14.5 Å². The van der Waals surface area contributed by atoms with Crippen LogP contribution >= 0.6 is 22.9 Å². The summed E-state index contributed by atoms with van der Waals surface area (Å²) < 4.78 is 26.8. The Morgan fingerprint density at radius 3 is 2.50 bits per heavy atom. The van der Waals surface area contributed by atoms with Crippen LogP contribution in [0.1, 0.15) is 24.8 Å². The highest BCUT2D eigenvalue weighted by Crippen LogP contribution is 2.26. The number of halogens is 1. The minimum absolute atomic E-state index is 0.132. The van der Waals surface area contributed by atoms with Crippen LogP contribution in [0.2, 0.25) is 5.02 Å². The monoisotopic (exact) mass is 414 g/mol. The Morgan fingerprint density at radius 2 is 1.92 bits per heavy atom. The Labute approximate surface area is 161 Å². The molecular weight excluding hydrogens is 396 g/mol. The predicted molar refractivity (Wildman–Crippen MR) is 101 cm³/mol. The van der Waals surface area contributed by atoms with Crippen molar-refractivity contribution >= 4 is 44.0 Å². The number of benzene rings is 1. The van der Waals surface area contributed by atoms with Crippen LogP contribution in [0.15, 0.2) is 29.2 Å². The predicted octanol–water partition coefficient (Wildman–Crippen LogP) is 2.79. The van der Waals surface area contributed by atoms with E-state index in [4.69, 9.17) is 11.6 Å². The molecule has 0 spiro atoms. The summed E-state index contributed by atoms with van der Waals surface area (Å²) in [5.74, 6) is -0.368. The molecule has 0 aliphatic carbocycles. The highest BCUT2D eigenvalue weighted by molar-refractivity contribution is 7.89. The molecule has 1 fully saturated rings. The molecule has 26 heavy (non-hydrogen) atoms. The molecule has 1 amide bonds. The van der Waals surface area contributed by atoms with Crippen molar-refractivity contribution in [2.45, 2.75) is 31.1 Å². The van der Waals surface area contributed by atoms with Gasteiger partial charge in [0, 0.05) is 24.0 Å². The van der Waals surface area contributed by atoms with Crippen LogP contribution in [-0.2, 0) is 21.2 Å². The zero-order chi connectivity index (χ0) is 18.7. The molecule has 0 bridgehead atoms. The molecule has 1 aliphatic rings. The number of nitrogens with one attached hydrogen (secondary N) is 1. The summed E-state index contributed by atoms with van der Waals surface area (Å²) in [6.07, 6.45) is 1.71. The molecule has 2 aromatic rings. The summed E-state index contributed by atoms with van der Waals surface area (Å²) in [7, 11) is -3.56. The molecule has 2 heterocycles. The van der Waals surface area contributed by atoms with E-state index in [0.29, 0.717) is 36.1 Å². The van der Waals surface area contributed by atoms with Gasteiger partial charge in [-0.1, -0.05) is 29.9 Å². The number of rotatable bonds is 5. The second kappa shape index (κ2) is 7.99. The van der Waals surface area contributed by atoms with Gasteiger partial charge < -0.3 is 5.32 Å². The molecule has 1 aromatic heterocycles. The SMILES string of the molecule is CCc1nnc(NC(=O)C2CCN(S(=O)(=O)c3ccc(Cl)cc3)CC2)s1.